The van der Waals surface area contributed by atoms with Gasteiger partial charge in [-0.2, -0.15) is 0 Å². The van der Waals surface area contributed by atoms with Crippen molar-refractivity contribution in [2.45, 2.75) is 45.2 Å². The van der Waals surface area contributed by atoms with Gasteiger partial charge in [-0.05, 0) is 24.3 Å². The molecule has 1 aromatic rings. The molecule has 2 atom stereocenters. The van der Waals surface area contributed by atoms with E-state index in [1.54, 1.807) is 0 Å². The van der Waals surface area contributed by atoms with Crippen LogP contribution < -0.4 is 5.32 Å². The summed E-state index contributed by atoms with van der Waals surface area (Å²) in [6, 6.07) is 11.5. The fraction of sp³-hybridized carbons (Fsp3) is 0.571. The quantitative estimate of drug-likeness (QED) is 0.747. The summed E-state index contributed by atoms with van der Waals surface area (Å²) in [6.07, 6.45) is 5.55. The van der Waals surface area contributed by atoms with E-state index in [9.17, 15) is 0 Å². The molecular weight excluding hydrogens is 182 g/mol. The molecule has 1 fully saturated rings. The van der Waals surface area contributed by atoms with Crippen molar-refractivity contribution in [2.75, 3.05) is 0 Å². The van der Waals surface area contributed by atoms with E-state index in [4.69, 9.17) is 0 Å². The molecule has 1 aromatic carbocycles. The van der Waals surface area contributed by atoms with Gasteiger partial charge >= 0.3 is 0 Å². The Morgan fingerprint density at radius 1 is 1.27 bits per heavy atom. The minimum absolute atomic E-state index is 0.803. The monoisotopic (exact) mass is 203 g/mol. The molecule has 0 heterocycles. The first-order valence-corrected chi connectivity index (χ1v) is 6.17. The van der Waals surface area contributed by atoms with Crippen LogP contribution in [0.2, 0.25) is 0 Å². The number of hydrogen-bond acceptors (Lipinski definition) is 1. The first kappa shape index (κ1) is 10.7. The van der Waals surface area contributed by atoms with Crippen molar-refractivity contribution in [1.29, 1.82) is 0 Å². The molecule has 0 amide bonds. The van der Waals surface area contributed by atoms with Gasteiger partial charge in [0.2, 0.25) is 0 Å². The molecule has 1 nitrogen and oxygen atoms in total. The van der Waals surface area contributed by atoms with E-state index in [1.807, 2.05) is 0 Å². The molecule has 0 bridgehead atoms. The maximum atomic E-state index is 3.63. The summed E-state index contributed by atoms with van der Waals surface area (Å²) in [5.74, 6) is 0.966. The molecule has 0 spiro atoms. The van der Waals surface area contributed by atoms with Gasteiger partial charge in [-0.1, -0.05) is 50.1 Å². The molecule has 1 N–H and O–H groups in total. The third-order valence-electron chi connectivity index (χ3n) is 3.26. The summed E-state index contributed by atoms with van der Waals surface area (Å²) in [6.45, 7) is 3.31. The van der Waals surface area contributed by atoms with Crippen LogP contribution in [0.5, 0.6) is 0 Å². The van der Waals surface area contributed by atoms with E-state index >= 15 is 0 Å². The van der Waals surface area contributed by atoms with Crippen LogP contribution in [-0.2, 0) is 6.54 Å². The van der Waals surface area contributed by atoms with Crippen molar-refractivity contribution in [2.24, 2.45) is 5.92 Å². The highest BCUT2D eigenvalue weighted by Crippen LogP contribution is 2.35. The second kappa shape index (κ2) is 5.32. The molecule has 0 aromatic heterocycles. The van der Waals surface area contributed by atoms with Crippen LogP contribution in [0.15, 0.2) is 30.3 Å². The lowest BCUT2D eigenvalue weighted by molar-refractivity contribution is 0.581. The standard InChI is InChI=1S/C14H21N/c1-2-3-9-13-10-14(13)15-11-12-7-5-4-6-8-12/h4-8,13-15H,2-3,9-11H2,1H3/t13-,14-/m0/s1. The zero-order valence-electron chi connectivity index (χ0n) is 9.58. The van der Waals surface area contributed by atoms with Crippen molar-refractivity contribution in [3.8, 4) is 0 Å². The smallest absolute Gasteiger partial charge is 0.0208 e. The molecule has 1 aliphatic carbocycles. The Labute approximate surface area is 92.9 Å². The first-order valence-electron chi connectivity index (χ1n) is 6.17. The lowest BCUT2D eigenvalue weighted by Gasteiger charge is -2.03. The van der Waals surface area contributed by atoms with Gasteiger partial charge in [0.1, 0.15) is 0 Å². The number of nitrogens with one attached hydrogen (secondary N) is 1. The maximum absolute atomic E-state index is 3.63. The Hall–Kier alpha value is -0.820. The van der Waals surface area contributed by atoms with Crippen LogP contribution in [0, 0.1) is 5.92 Å². The molecule has 2 rings (SSSR count). The Kier molecular flexibility index (Phi) is 3.79. The van der Waals surface area contributed by atoms with E-state index in [-0.39, 0.29) is 0 Å². The van der Waals surface area contributed by atoms with Gasteiger partial charge in [0.05, 0.1) is 0 Å². The molecule has 0 saturated heterocycles. The third-order valence-corrected chi connectivity index (χ3v) is 3.26. The number of rotatable bonds is 6. The molecule has 1 aliphatic rings. The van der Waals surface area contributed by atoms with Crippen molar-refractivity contribution in [3.05, 3.63) is 35.9 Å². The van der Waals surface area contributed by atoms with Crippen molar-refractivity contribution < 1.29 is 0 Å². The first-order chi connectivity index (χ1) is 7.40. The van der Waals surface area contributed by atoms with Crippen molar-refractivity contribution in [1.82, 2.24) is 5.32 Å². The minimum atomic E-state index is 0.803. The third kappa shape index (κ3) is 3.35. The van der Waals surface area contributed by atoms with Crippen molar-refractivity contribution in [3.63, 3.8) is 0 Å². The average Bonchev–Trinajstić information content (AvgIpc) is 3.04. The highest BCUT2D eigenvalue weighted by atomic mass is 15.0. The van der Waals surface area contributed by atoms with Crippen LogP contribution in [0.4, 0.5) is 0 Å². The predicted octanol–water partition coefficient (Wildman–Crippen LogP) is 3.35. The van der Waals surface area contributed by atoms with Gasteiger partial charge in [0, 0.05) is 12.6 Å². The highest BCUT2D eigenvalue weighted by Gasteiger charge is 2.35. The molecule has 15 heavy (non-hydrogen) atoms. The zero-order valence-corrected chi connectivity index (χ0v) is 9.58. The fourth-order valence-corrected chi connectivity index (χ4v) is 2.13. The zero-order chi connectivity index (χ0) is 10.5. The Bertz CT molecular complexity index is 281. The molecular formula is C14H21N. The van der Waals surface area contributed by atoms with Crippen molar-refractivity contribution >= 4 is 0 Å². The van der Waals surface area contributed by atoms with Gasteiger partial charge in [-0.3, -0.25) is 0 Å². The lowest BCUT2D eigenvalue weighted by atomic mass is 10.2. The molecule has 1 heteroatoms. The molecule has 1 saturated carbocycles. The second-order valence-electron chi connectivity index (χ2n) is 4.61. The van der Waals surface area contributed by atoms with Crippen LogP contribution >= 0.6 is 0 Å². The topological polar surface area (TPSA) is 12.0 Å². The molecule has 0 radical (unpaired) electrons. The van der Waals surface area contributed by atoms with Gasteiger partial charge < -0.3 is 5.32 Å². The normalized spacial score (nSPS) is 24.1. The Morgan fingerprint density at radius 2 is 2.07 bits per heavy atom. The van der Waals surface area contributed by atoms with Gasteiger partial charge in [-0.15, -0.1) is 0 Å². The van der Waals surface area contributed by atoms with Gasteiger partial charge in [0.25, 0.3) is 0 Å². The van der Waals surface area contributed by atoms with E-state index in [0.29, 0.717) is 0 Å². The van der Waals surface area contributed by atoms with E-state index in [2.05, 4.69) is 42.6 Å². The van der Waals surface area contributed by atoms with Crippen LogP contribution in [0.1, 0.15) is 38.2 Å². The Balaban J connectivity index is 1.64. The van der Waals surface area contributed by atoms with E-state index < -0.39 is 0 Å². The van der Waals surface area contributed by atoms with E-state index in [1.165, 1.54) is 31.2 Å². The molecule has 0 aliphatic heterocycles. The minimum Gasteiger partial charge on any atom is -0.310 e. The summed E-state index contributed by atoms with van der Waals surface area (Å²) in [7, 11) is 0. The largest absolute Gasteiger partial charge is 0.310 e. The van der Waals surface area contributed by atoms with Crippen LogP contribution in [0.25, 0.3) is 0 Å². The summed E-state index contributed by atoms with van der Waals surface area (Å²) in [5.41, 5.74) is 1.40. The summed E-state index contributed by atoms with van der Waals surface area (Å²) >= 11 is 0. The van der Waals surface area contributed by atoms with Crippen LogP contribution in [-0.4, -0.2) is 6.04 Å². The lowest BCUT2D eigenvalue weighted by Crippen LogP contribution is -2.17. The predicted molar refractivity (Wildman–Crippen MR) is 64.7 cm³/mol. The average molecular weight is 203 g/mol. The summed E-state index contributed by atoms with van der Waals surface area (Å²) in [5, 5.41) is 3.63. The van der Waals surface area contributed by atoms with E-state index in [0.717, 1.165) is 18.5 Å². The second-order valence-corrected chi connectivity index (χ2v) is 4.61. The fourth-order valence-electron chi connectivity index (χ4n) is 2.13. The Morgan fingerprint density at radius 3 is 2.80 bits per heavy atom. The highest BCUT2D eigenvalue weighted by molar-refractivity contribution is 5.14. The molecule has 0 unspecified atom stereocenters. The SMILES string of the molecule is CCCC[C@H]1C[C@@H]1NCc1ccccc1. The number of unbranched alkanes of at least 4 members (excludes halogenated alkanes) is 1. The van der Waals surface area contributed by atoms with Crippen LogP contribution in [0.3, 0.4) is 0 Å². The maximum Gasteiger partial charge on any atom is 0.0208 e. The molecule has 82 valence electrons. The van der Waals surface area contributed by atoms with Gasteiger partial charge in [0.15, 0.2) is 0 Å². The van der Waals surface area contributed by atoms with Gasteiger partial charge in [-0.25, -0.2) is 0 Å². The summed E-state index contributed by atoms with van der Waals surface area (Å²) in [4.78, 5) is 0. The number of benzene rings is 1. The number of hydrogen-bond donors (Lipinski definition) is 1. The summed E-state index contributed by atoms with van der Waals surface area (Å²) < 4.78 is 0.